The molecule has 0 aromatic rings. The molecule has 0 heterocycles. The smallest absolute Gasteiger partial charge is 0.0593 e. The average molecular weight is 244 g/mol. The Morgan fingerprint density at radius 1 is 1.12 bits per heavy atom. The van der Waals surface area contributed by atoms with E-state index in [1.807, 2.05) is 6.92 Å². The van der Waals surface area contributed by atoms with E-state index in [0.29, 0.717) is 5.41 Å². The molecule has 3 heteroatoms. The van der Waals surface area contributed by atoms with Crippen LogP contribution in [0.15, 0.2) is 0 Å². The molecule has 0 saturated heterocycles. The molecule has 0 atom stereocenters. The Bertz CT molecular complexity index is 170. The van der Waals surface area contributed by atoms with Crippen LogP contribution in [0.4, 0.5) is 0 Å². The van der Waals surface area contributed by atoms with Gasteiger partial charge < -0.3 is 15.0 Å². The Morgan fingerprint density at radius 2 is 1.76 bits per heavy atom. The minimum absolute atomic E-state index is 0.414. The summed E-state index contributed by atoms with van der Waals surface area (Å²) >= 11 is 0. The first-order valence-corrected chi connectivity index (χ1v) is 7.11. The molecule has 0 saturated carbocycles. The monoisotopic (exact) mass is 244 g/mol. The van der Waals surface area contributed by atoms with E-state index < -0.39 is 0 Å². The van der Waals surface area contributed by atoms with Crippen LogP contribution >= 0.6 is 0 Å². The van der Waals surface area contributed by atoms with Gasteiger partial charge >= 0.3 is 0 Å². The van der Waals surface area contributed by atoms with Crippen molar-refractivity contribution >= 4 is 0 Å². The van der Waals surface area contributed by atoms with Gasteiger partial charge in [0.05, 0.1) is 6.61 Å². The van der Waals surface area contributed by atoms with Crippen molar-refractivity contribution in [3.8, 4) is 0 Å². The maximum absolute atomic E-state index is 5.41. The van der Waals surface area contributed by atoms with E-state index in [1.54, 1.807) is 0 Å². The third-order valence-corrected chi connectivity index (χ3v) is 3.68. The van der Waals surface area contributed by atoms with Gasteiger partial charge in [0.2, 0.25) is 0 Å². The third kappa shape index (κ3) is 7.02. The Hall–Kier alpha value is -0.120. The molecule has 3 nitrogen and oxygen atoms in total. The molecule has 17 heavy (non-hydrogen) atoms. The first kappa shape index (κ1) is 16.9. The summed E-state index contributed by atoms with van der Waals surface area (Å²) in [4.78, 5) is 2.40. The van der Waals surface area contributed by atoms with Crippen molar-refractivity contribution in [2.75, 3.05) is 46.4 Å². The van der Waals surface area contributed by atoms with Gasteiger partial charge in [-0.1, -0.05) is 20.8 Å². The summed E-state index contributed by atoms with van der Waals surface area (Å²) in [7, 11) is 2.20. The first-order chi connectivity index (χ1) is 8.14. The topological polar surface area (TPSA) is 24.5 Å². The number of nitrogens with one attached hydrogen (secondary N) is 1. The predicted molar refractivity (Wildman–Crippen MR) is 75.5 cm³/mol. The summed E-state index contributed by atoms with van der Waals surface area (Å²) in [5.41, 5.74) is 0.414. The molecule has 0 aliphatic heterocycles. The van der Waals surface area contributed by atoms with Crippen LogP contribution in [0.5, 0.6) is 0 Å². The van der Waals surface area contributed by atoms with E-state index in [2.05, 4.69) is 38.0 Å². The molecule has 0 radical (unpaired) electrons. The fourth-order valence-electron chi connectivity index (χ4n) is 2.19. The zero-order chi connectivity index (χ0) is 13.1. The normalized spacial score (nSPS) is 12.4. The van der Waals surface area contributed by atoms with Crippen LogP contribution in [0.1, 0.15) is 40.5 Å². The highest BCUT2D eigenvalue weighted by Crippen LogP contribution is 2.26. The zero-order valence-corrected chi connectivity index (χ0v) is 12.5. The Kier molecular flexibility index (Phi) is 9.79. The predicted octanol–water partition coefficient (Wildman–Crippen LogP) is 2.37. The highest BCUT2D eigenvalue weighted by molar-refractivity contribution is 4.82. The van der Waals surface area contributed by atoms with Crippen LogP contribution in [0.3, 0.4) is 0 Å². The number of nitrogens with zero attached hydrogens (tertiary/aromatic N) is 1. The van der Waals surface area contributed by atoms with E-state index in [4.69, 9.17) is 4.74 Å². The minimum atomic E-state index is 0.414. The number of ether oxygens (including phenoxy) is 1. The van der Waals surface area contributed by atoms with Crippen LogP contribution in [0, 0.1) is 5.41 Å². The number of hydrogen-bond acceptors (Lipinski definition) is 3. The van der Waals surface area contributed by atoms with E-state index in [-0.39, 0.29) is 0 Å². The molecule has 0 aliphatic rings. The lowest BCUT2D eigenvalue weighted by atomic mass is 9.81. The summed E-state index contributed by atoms with van der Waals surface area (Å²) in [6.07, 6.45) is 2.46. The third-order valence-electron chi connectivity index (χ3n) is 3.68. The van der Waals surface area contributed by atoms with Gasteiger partial charge in [-0.2, -0.15) is 0 Å². The highest BCUT2D eigenvalue weighted by atomic mass is 16.5. The molecule has 0 unspecified atom stereocenters. The average Bonchev–Trinajstić information content (AvgIpc) is 2.35. The summed E-state index contributed by atoms with van der Waals surface area (Å²) in [6, 6.07) is 0. The molecule has 0 spiro atoms. The van der Waals surface area contributed by atoms with Crippen molar-refractivity contribution in [1.82, 2.24) is 10.2 Å². The Labute approximate surface area is 108 Å². The van der Waals surface area contributed by atoms with Gasteiger partial charge in [0.1, 0.15) is 0 Å². The maximum atomic E-state index is 5.41. The van der Waals surface area contributed by atoms with Crippen molar-refractivity contribution < 1.29 is 4.74 Å². The van der Waals surface area contributed by atoms with Crippen molar-refractivity contribution in [3.05, 3.63) is 0 Å². The van der Waals surface area contributed by atoms with Gasteiger partial charge in [0.15, 0.2) is 0 Å². The summed E-state index contributed by atoms with van der Waals surface area (Å²) in [6.45, 7) is 14.9. The zero-order valence-electron chi connectivity index (χ0n) is 12.5. The quantitative estimate of drug-likeness (QED) is 0.565. The second-order valence-electron chi connectivity index (χ2n) is 4.92. The molecule has 0 fully saturated rings. The first-order valence-electron chi connectivity index (χ1n) is 7.11. The fraction of sp³-hybridized carbons (Fsp3) is 1.00. The van der Waals surface area contributed by atoms with Gasteiger partial charge in [-0.3, -0.25) is 0 Å². The van der Waals surface area contributed by atoms with Crippen LogP contribution in [0.2, 0.25) is 0 Å². The maximum Gasteiger partial charge on any atom is 0.0593 e. The highest BCUT2D eigenvalue weighted by Gasteiger charge is 2.26. The van der Waals surface area contributed by atoms with Crippen molar-refractivity contribution in [2.45, 2.75) is 40.5 Å². The molecule has 1 N–H and O–H groups in total. The molecular formula is C14H32N2O. The lowest BCUT2D eigenvalue weighted by molar-refractivity contribution is 0.0953. The second-order valence-corrected chi connectivity index (χ2v) is 4.92. The van der Waals surface area contributed by atoms with Gasteiger partial charge in [0.25, 0.3) is 0 Å². The van der Waals surface area contributed by atoms with Crippen molar-refractivity contribution in [2.24, 2.45) is 5.41 Å². The largest absolute Gasteiger partial charge is 0.380 e. The SMILES string of the molecule is CCNCC(CC)(CC)CN(C)CCOCC. The van der Waals surface area contributed by atoms with Crippen LogP contribution < -0.4 is 5.32 Å². The summed E-state index contributed by atoms with van der Waals surface area (Å²) in [5.74, 6) is 0. The standard InChI is InChI=1S/C14H32N2O/c1-6-14(7-2,12-15-8-3)13-16(5)10-11-17-9-4/h15H,6-13H2,1-5H3. The second kappa shape index (κ2) is 9.86. The molecule has 0 aromatic heterocycles. The molecule has 0 aliphatic carbocycles. The lowest BCUT2D eigenvalue weighted by Crippen LogP contribution is -2.43. The van der Waals surface area contributed by atoms with Crippen molar-refractivity contribution in [3.63, 3.8) is 0 Å². The van der Waals surface area contributed by atoms with Gasteiger partial charge in [-0.05, 0) is 38.8 Å². The molecule has 0 aromatic carbocycles. The van der Waals surface area contributed by atoms with Crippen LogP contribution in [-0.2, 0) is 4.74 Å². The van der Waals surface area contributed by atoms with Crippen LogP contribution in [0.25, 0.3) is 0 Å². The molecule has 104 valence electrons. The summed E-state index contributed by atoms with van der Waals surface area (Å²) < 4.78 is 5.41. The summed E-state index contributed by atoms with van der Waals surface area (Å²) in [5, 5.41) is 3.51. The van der Waals surface area contributed by atoms with Gasteiger partial charge in [-0.25, -0.2) is 0 Å². The van der Waals surface area contributed by atoms with Gasteiger partial charge in [-0.15, -0.1) is 0 Å². The van der Waals surface area contributed by atoms with Crippen molar-refractivity contribution in [1.29, 1.82) is 0 Å². The lowest BCUT2D eigenvalue weighted by Gasteiger charge is -2.36. The molecule has 0 rings (SSSR count). The van der Waals surface area contributed by atoms with E-state index in [0.717, 1.165) is 39.4 Å². The minimum Gasteiger partial charge on any atom is -0.380 e. The van der Waals surface area contributed by atoms with Crippen LogP contribution in [-0.4, -0.2) is 51.3 Å². The van der Waals surface area contributed by atoms with E-state index in [9.17, 15) is 0 Å². The van der Waals surface area contributed by atoms with Gasteiger partial charge in [0, 0.05) is 26.2 Å². The molecule has 0 bridgehead atoms. The van der Waals surface area contributed by atoms with E-state index >= 15 is 0 Å². The Balaban J connectivity index is 4.12. The fourth-order valence-corrected chi connectivity index (χ4v) is 2.19. The number of likely N-dealkylation sites (N-methyl/N-ethyl adjacent to an activating group) is 1. The number of rotatable bonds is 11. The Morgan fingerprint density at radius 3 is 2.24 bits per heavy atom. The number of hydrogen-bond donors (Lipinski definition) is 1. The molecule has 0 amide bonds. The van der Waals surface area contributed by atoms with E-state index in [1.165, 1.54) is 12.8 Å². The molecular weight excluding hydrogens is 212 g/mol.